The standard InChI is InChI=1S/C22H19ClF2N4O3/c23-15-5-3-6-16(20(15)25)27-22(32)18-8-12(24)9-29(18)19(30)11-28-10-14(21(26)31)13-4-1-2-7-17(13)28/h1-7,10,12,18H,8-9,11H2,(H2,26,31)(H,27,32)/t12-,18+/m1/s1. The normalized spacial score (nSPS) is 18.2. The fourth-order valence-corrected chi connectivity index (χ4v) is 4.11. The Kier molecular flexibility index (Phi) is 5.84. The Morgan fingerprint density at radius 1 is 1.16 bits per heavy atom. The SMILES string of the molecule is NC(=O)c1cn(CC(=O)N2C[C@H](F)C[C@H]2C(=O)Nc2cccc(Cl)c2F)c2ccccc12. The number of rotatable bonds is 5. The monoisotopic (exact) mass is 460 g/mol. The van der Waals surface area contributed by atoms with Crippen molar-refractivity contribution in [3.8, 4) is 0 Å². The molecule has 7 nitrogen and oxygen atoms in total. The molecule has 1 fully saturated rings. The first-order chi connectivity index (χ1) is 15.3. The van der Waals surface area contributed by atoms with Crippen LogP contribution in [0.25, 0.3) is 10.9 Å². The first-order valence-corrected chi connectivity index (χ1v) is 10.2. The van der Waals surface area contributed by atoms with E-state index in [0.29, 0.717) is 10.9 Å². The highest BCUT2D eigenvalue weighted by molar-refractivity contribution is 6.31. The maximum atomic E-state index is 14.2. The zero-order valence-corrected chi connectivity index (χ0v) is 17.5. The number of aromatic nitrogens is 1. The molecule has 2 atom stereocenters. The number of fused-ring (bicyclic) bond motifs is 1. The number of hydrogen-bond acceptors (Lipinski definition) is 3. The van der Waals surface area contributed by atoms with Crippen molar-refractivity contribution < 1.29 is 23.2 Å². The summed E-state index contributed by atoms with van der Waals surface area (Å²) in [5.41, 5.74) is 6.14. The predicted molar refractivity (Wildman–Crippen MR) is 116 cm³/mol. The van der Waals surface area contributed by atoms with E-state index in [2.05, 4.69) is 5.32 Å². The number of carbonyl (C=O) groups is 3. The lowest BCUT2D eigenvalue weighted by atomic mass is 10.2. The summed E-state index contributed by atoms with van der Waals surface area (Å²) in [4.78, 5) is 38.6. The van der Waals surface area contributed by atoms with E-state index in [9.17, 15) is 23.2 Å². The van der Waals surface area contributed by atoms with E-state index in [1.54, 1.807) is 24.3 Å². The average Bonchev–Trinajstić information content (AvgIpc) is 3.33. The molecule has 166 valence electrons. The van der Waals surface area contributed by atoms with Crippen LogP contribution in [-0.4, -0.2) is 45.9 Å². The Balaban J connectivity index is 1.56. The molecule has 0 saturated carbocycles. The number of benzene rings is 2. The molecule has 1 saturated heterocycles. The number of nitrogens with one attached hydrogen (secondary N) is 1. The molecule has 2 aromatic carbocycles. The van der Waals surface area contributed by atoms with Gasteiger partial charge in [-0.2, -0.15) is 0 Å². The highest BCUT2D eigenvalue weighted by Gasteiger charge is 2.40. The van der Waals surface area contributed by atoms with E-state index in [-0.39, 0.29) is 35.8 Å². The Morgan fingerprint density at radius 2 is 1.91 bits per heavy atom. The molecule has 0 aliphatic carbocycles. The number of nitrogens with two attached hydrogens (primary N) is 1. The second-order valence-electron chi connectivity index (χ2n) is 7.54. The van der Waals surface area contributed by atoms with Gasteiger partial charge in [0.25, 0.3) is 5.91 Å². The molecule has 0 bridgehead atoms. The molecule has 0 radical (unpaired) electrons. The van der Waals surface area contributed by atoms with Crippen LogP contribution >= 0.6 is 11.6 Å². The van der Waals surface area contributed by atoms with Crippen LogP contribution in [0.2, 0.25) is 5.02 Å². The predicted octanol–water partition coefficient (Wildman–Crippen LogP) is 3.11. The minimum absolute atomic E-state index is 0.153. The number of hydrogen-bond donors (Lipinski definition) is 2. The summed E-state index contributed by atoms with van der Waals surface area (Å²) in [6, 6.07) is 9.92. The van der Waals surface area contributed by atoms with Gasteiger partial charge in [0, 0.05) is 23.5 Å². The summed E-state index contributed by atoms with van der Waals surface area (Å²) in [7, 11) is 0. The van der Waals surface area contributed by atoms with Crippen LogP contribution in [0.1, 0.15) is 16.8 Å². The molecular formula is C22H19ClF2N4O3. The molecule has 3 N–H and O–H groups in total. The molecule has 0 spiro atoms. The fraction of sp³-hybridized carbons (Fsp3) is 0.227. The second kappa shape index (κ2) is 8.58. The summed E-state index contributed by atoms with van der Waals surface area (Å²) >= 11 is 5.73. The van der Waals surface area contributed by atoms with Crippen LogP contribution in [-0.2, 0) is 16.1 Å². The number of nitrogens with zero attached hydrogens (tertiary/aromatic N) is 2. The lowest BCUT2D eigenvalue weighted by molar-refractivity contribution is -0.137. The number of halogens is 3. The largest absolute Gasteiger partial charge is 0.366 e. The van der Waals surface area contributed by atoms with Crippen LogP contribution < -0.4 is 11.1 Å². The van der Waals surface area contributed by atoms with Crippen molar-refractivity contribution in [1.82, 2.24) is 9.47 Å². The lowest BCUT2D eigenvalue weighted by Crippen LogP contribution is -2.44. The van der Waals surface area contributed by atoms with Crippen molar-refractivity contribution in [3.63, 3.8) is 0 Å². The van der Waals surface area contributed by atoms with Crippen molar-refractivity contribution in [2.24, 2.45) is 5.73 Å². The smallest absolute Gasteiger partial charge is 0.250 e. The molecule has 4 rings (SSSR count). The van der Waals surface area contributed by atoms with Gasteiger partial charge in [-0.3, -0.25) is 14.4 Å². The van der Waals surface area contributed by atoms with Crippen molar-refractivity contribution in [2.75, 3.05) is 11.9 Å². The molecule has 32 heavy (non-hydrogen) atoms. The maximum Gasteiger partial charge on any atom is 0.250 e. The van der Waals surface area contributed by atoms with Gasteiger partial charge in [-0.25, -0.2) is 8.78 Å². The van der Waals surface area contributed by atoms with Crippen LogP contribution in [0.4, 0.5) is 14.5 Å². The summed E-state index contributed by atoms with van der Waals surface area (Å²) in [5.74, 6) is -2.69. The first-order valence-electron chi connectivity index (χ1n) is 9.82. The number of alkyl halides is 1. The van der Waals surface area contributed by atoms with Gasteiger partial charge in [0.15, 0.2) is 5.82 Å². The van der Waals surface area contributed by atoms with Gasteiger partial charge >= 0.3 is 0 Å². The van der Waals surface area contributed by atoms with Crippen molar-refractivity contribution >= 4 is 45.9 Å². The van der Waals surface area contributed by atoms with Gasteiger partial charge in [-0.15, -0.1) is 0 Å². The number of para-hydroxylation sites is 1. The Hall–Kier alpha value is -3.46. The number of carbonyl (C=O) groups excluding carboxylic acids is 3. The molecule has 1 aliphatic heterocycles. The van der Waals surface area contributed by atoms with Gasteiger partial charge in [-0.05, 0) is 18.2 Å². The summed E-state index contributed by atoms with van der Waals surface area (Å²) in [5, 5.41) is 2.80. The van der Waals surface area contributed by atoms with E-state index < -0.39 is 35.8 Å². The van der Waals surface area contributed by atoms with Gasteiger partial charge in [0.1, 0.15) is 18.8 Å². The minimum atomic E-state index is -1.40. The number of anilines is 1. The average molecular weight is 461 g/mol. The zero-order chi connectivity index (χ0) is 23.0. The fourth-order valence-electron chi connectivity index (χ4n) is 3.94. The van der Waals surface area contributed by atoms with Crippen molar-refractivity contribution in [2.45, 2.75) is 25.2 Å². The second-order valence-corrected chi connectivity index (χ2v) is 7.94. The van der Waals surface area contributed by atoms with Gasteiger partial charge in [0.05, 0.1) is 22.8 Å². The van der Waals surface area contributed by atoms with E-state index in [1.165, 1.54) is 29.0 Å². The summed E-state index contributed by atoms with van der Waals surface area (Å²) < 4.78 is 29.9. The van der Waals surface area contributed by atoms with E-state index in [0.717, 1.165) is 4.90 Å². The van der Waals surface area contributed by atoms with Crippen LogP contribution in [0.3, 0.4) is 0 Å². The van der Waals surface area contributed by atoms with E-state index in [4.69, 9.17) is 17.3 Å². The molecule has 3 aromatic rings. The third-order valence-corrected chi connectivity index (χ3v) is 5.73. The van der Waals surface area contributed by atoms with Gasteiger partial charge < -0.3 is 20.5 Å². The zero-order valence-electron chi connectivity index (χ0n) is 16.7. The van der Waals surface area contributed by atoms with Crippen LogP contribution in [0.5, 0.6) is 0 Å². The van der Waals surface area contributed by atoms with E-state index in [1.807, 2.05) is 0 Å². The third-order valence-electron chi connectivity index (χ3n) is 5.44. The van der Waals surface area contributed by atoms with Crippen LogP contribution in [0, 0.1) is 5.82 Å². The molecule has 1 aliphatic rings. The minimum Gasteiger partial charge on any atom is -0.366 e. The topological polar surface area (TPSA) is 97.4 Å². The van der Waals surface area contributed by atoms with Crippen LogP contribution in [0.15, 0.2) is 48.7 Å². The van der Waals surface area contributed by atoms with Crippen molar-refractivity contribution in [1.29, 1.82) is 0 Å². The molecule has 0 unspecified atom stereocenters. The third kappa shape index (κ3) is 4.03. The highest BCUT2D eigenvalue weighted by Crippen LogP contribution is 2.27. The lowest BCUT2D eigenvalue weighted by Gasteiger charge is -2.24. The molecule has 1 aromatic heterocycles. The van der Waals surface area contributed by atoms with Gasteiger partial charge in [-0.1, -0.05) is 35.9 Å². The molecule has 3 amide bonds. The quantitative estimate of drug-likeness (QED) is 0.612. The number of primary amides is 1. The van der Waals surface area contributed by atoms with Crippen molar-refractivity contribution in [3.05, 3.63) is 65.1 Å². The highest BCUT2D eigenvalue weighted by atomic mass is 35.5. The Morgan fingerprint density at radius 3 is 2.66 bits per heavy atom. The summed E-state index contributed by atoms with van der Waals surface area (Å²) in [6.45, 7) is -0.493. The number of amides is 3. The Bertz CT molecular complexity index is 1230. The Labute approximate surface area is 186 Å². The number of likely N-dealkylation sites (tertiary alicyclic amines) is 1. The molecule has 10 heteroatoms. The van der Waals surface area contributed by atoms with E-state index >= 15 is 0 Å². The van der Waals surface area contributed by atoms with Gasteiger partial charge in [0.2, 0.25) is 11.8 Å². The molecule has 2 heterocycles. The summed E-state index contributed by atoms with van der Waals surface area (Å²) in [6.07, 6.45) is -0.148. The maximum absolute atomic E-state index is 14.2. The first kappa shape index (κ1) is 21.8. The molecular weight excluding hydrogens is 442 g/mol.